The van der Waals surface area contributed by atoms with Crippen LogP contribution in [0.15, 0.2) is 17.6 Å². The van der Waals surface area contributed by atoms with Gasteiger partial charge in [0.05, 0.1) is 0 Å². The minimum Gasteiger partial charge on any atom is -0.329 e. The lowest BCUT2D eigenvalue weighted by Gasteiger charge is -2.43. The average molecular weight is 532 g/mol. The molecule has 2 nitrogen and oxygen atoms in total. The lowest BCUT2D eigenvalue weighted by molar-refractivity contribution is -0.450. The normalized spacial score (nSPS) is 17.4. The number of thioether (sulfide) groups is 1. The maximum atomic E-state index is 14.3. The molecule has 188 valence electrons. The Morgan fingerprint density at radius 1 is 0.594 bits per heavy atom. The monoisotopic (exact) mass is 532 g/mol. The fraction of sp³-hybridized carbons (Fsp3) is 0.750. The summed E-state index contributed by atoms with van der Waals surface area (Å²) in [5.41, 5.74) is 0. The van der Waals surface area contributed by atoms with Crippen LogP contribution in [0.5, 0.6) is 0 Å². The number of imidazole rings is 1. The Kier molecular flexibility index (Phi) is 6.60. The second-order valence-electron chi connectivity index (χ2n) is 5.89. The second kappa shape index (κ2) is 7.44. The van der Waals surface area contributed by atoms with Crippen molar-refractivity contribution in [3.05, 3.63) is 12.4 Å². The number of rotatable bonds is 7. The number of hydrogen-bond donors (Lipinski definition) is 0. The quantitative estimate of drug-likeness (QED) is 0.296. The zero-order chi connectivity index (χ0) is 26.0. The van der Waals surface area contributed by atoms with E-state index >= 15 is 0 Å². The minimum atomic E-state index is -8.58. The number of nitrogens with zero attached hydrogens (tertiary/aromatic N) is 2. The molecule has 1 atom stereocenters. The van der Waals surface area contributed by atoms with Crippen molar-refractivity contribution < 1.29 is 74.6 Å². The first-order chi connectivity index (χ1) is 13.7. The van der Waals surface area contributed by atoms with Gasteiger partial charge in [-0.05, 0) is 11.8 Å². The predicted octanol–water partition coefficient (Wildman–Crippen LogP) is 6.48. The number of aryl methyl sites for hydroxylation is 1. The van der Waals surface area contributed by atoms with Crippen LogP contribution in [0.1, 0.15) is 0 Å². The molecular weight excluding hydrogens is 527 g/mol. The Balaban J connectivity index is 3.77. The predicted molar refractivity (Wildman–Crippen MR) is 69.7 cm³/mol. The first-order valence-electron chi connectivity index (χ1n) is 7.12. The number of hydrogen-bond acceptors (Lipinski definition) is 2. The van der Waals surface area contributed by atoms with E-state index in [1.165, 1.54) is 0 Å². The molecule has 0 saturated heterocycles. The van der Waals surface area contributed by atoms with Crippen LogP contribution >= 0.6 is 11.8 Å². The standard InChI is InChI=1S/C12H5F17N2S/c1-31-3-2-30-4(31)32-10(23,12(27,28)29)8(19,20)6(15,16)5(13,14)7(17,18)9(21,22)11(24,25)26/h2-3H,1H3. The summed E-state index contributed by atoms with van der Waals surface area (Å²) in [6.07, 6.45) is -14.0. The molecule has 0 spiro atoms. The highest BCUT2D eigenvalue weighted by Crippen LogP contribution is 2.66. The molecular formula is C12H5F17N2S. The molecule has 0 aliphatic heterocycles. The summed E-state index contributed by atoms with van der Waals surface area (Å²) >= 11 is -2.05. The minimum absolute atomic E-state index is 0.240. The summed E-state index contributed by atoms with van der Waals surface area (Å²) in [6.45, 7) is 0. The van der Waals surface area contributed by atoms with Crippen molar-refractivity contribution in [1.82, 2.24) is 9.55 Å². The van der Waals surface area contributed by atoms with E-state index < -0.39 is 63.9 Å². The van der Waals surface area contributed by atoms with Crippen LogP contribution in [0.4, 0.5) is 74.6 Å². The highest BCUT2D eigenvalue weighted by atomic mass is 32.2. The van der Waals surface area contributed by atoms with E-state index in [-0.39, 0.29) is 4.57 Å². The van der Waals surface area contributed by atoms with Crippen molar-refractivity contribution in [3.63, 3.8) is 0 Å². The molecule has 0 aliphatic rings. The average Bonchev–Trinajstić information content (AvgIpc) is 2.96. The molecule has 1 aromatic rings. The van der Waals surface area contributed by atoms with Gasteiger partial charge in [0.15, 0.2) is 5.16 Å². The van der Waals surface area contributed by atoms with Gasteiger partial charge in [-0.2, -0.15) is 70.2 Å². The molecule has 1 unspecified atom stereocenters. The van der Waals surface area contributed by atoms with Crippen molar-refractivity contribution in [3.8, 4) is 0 Å². The molecule has 0 saturated carbocycles. The molecule has 0 fully saturated rings. The summed E-state index contributed by atoms with van der Waals surface area (Å²) in [6, 6.07) is 0. The van der Waals surface area contributed by atoms with Gasteiger partial charge < -0.3 is 4.57 Å². The van der Waals surface area contributed by atoms with Crippen molar-refractivity contribution in [1.29, 1.82) is 0 Å². The third-order valence-corrected chi connectivity index (χ3v) is 5.06. The largest absolute Gasteiger partial charge is 0.460 e. The summed E-state index contributed by atoms with van der Waals surface area (Å²) in [4.78, 5) is 2.80. The summed E-state index contributed by atoms with van der Waals surface area (Å²) in [5.74, 6) is -41.7. The number of aromatic nitrogens is 2. The van der Waals surface area contributed by atoms with Gasteiger partial charge >= 0.3 is 47.0 Å². The summed E-state index contributed by atoms with van der Waals surface area (Å²) in [7, 11) is 0.648. The van der Waals surface area contributed by atoms with Crippen LogP contribution in [-0.2, 0) is 7.05 Å². The lowest BCUT2D eigenvalue weighted by atomic mass is 9.91. The van der Waals surface area contributed by atoms with Gasteiger partial charge in [-0.3, -0.25) is 0 Å². The number of alkyl halides is 17. The second-order valence-corrected chi connectivity index (χ2v) is 7.02. The molecule has 20 heteroatoms. The molecule has 32 heavy (non-hydrogen) atoms. The molecule has 1 aromatic heterocycles. The van der Waals surface area contributed by atoms with Gasteiger partial charge in [0.1, 0.15) is 0 Å². The van der Waals surface area contributed by atoms with Crippen molar-refractivity contribution in [2.24, 2.45) is 7.05 Å². The van der Waals surface area contributed by atoms with Crippen LogP contribution in [0, 0.1) is 0 Å². The zero-order valence-electron chi connectivity index (χ0n) is 14.4. The first-order valence-corrected chi connectivity index (χ1v) is 7.93. The van der Waals surface area contributed by atoms with Gasteiger partial charge in [0.25, 0.3) is 0 Å². The Morgan fingerprint density at radius 2 is 0.969 bits per heavy atom. The van der Waals surface area contributed by atoms with Crippen molar-refractivity contribution in [2.45, 2.75) is 52.1 Å². The van der Waals surface area contributed by atoms with Crippen molar-refractivity contribution >= 4 is 11.8 Å². The molecule has 0 N–H and O–H groups in total. The third kappa shape index (κ3) is 3.64. The fourth-order valence-electron chi connectivity index (χ4n) is 1.85. The summed E-state index contributed by atoms with van der Waals surface area (Å²) in [5, 5.41) is -8.55. The van der Waals surface area contributed by atoms with Crippen LogP contribution in [0.3, 0.4) is 0 Å². The van der Waals surface area contributed by atoms with E-state index in [0.29, 0.717) is 19.4 Å². The molecule has 0 radical (unpaired) electrons. The van der Waals surface area contributed by atoms with E-state index in [4.69, 9.17) is 0 Å². The Bertz CT molecular complexity index is 822. The summed E-state index contributed by atoms with van der Waals surface area (Å²) < 4.78 is 223. The highest BCUT2D eigenvalue weighted by Gasteiger charge is 2.95. The zero-order valence-corrected chi connectivity index (χ0v) is 15.2. The van der Waals surface area contributed by atoms with E-state index in [2.05, 4.69) is 4.98 Å². The van der Waals surface area contributed by atoms with Gasteiger partial charge in [0, 0.05) is 19.4 Å². The van der Waals surface area contributed by atoms with Gasteiger partial charge in [-0.15, -0.1) is 0 Å². The Morgan fingerprint density at radius 3 is 1.28 bits per heavy atom. The fourth-order valence-corrected chi connectivity index (χ4v) is 2.79. The van der Waals surface area contributed by atoms with Crippen LogP contribution in [0.25, 0.3) is 0 Å². The van der Waals surface area contributed by atoms with Crippen LogP contribution < -0.4 is 0 Å². The van der Waals surface area contributed by atoms with Crippen LogP contribution in [-0.4, -0.2) is 56.5 Å². The SMILES string of the molecule is Cn1ccnc1SC(F)(C(F)(F)F)C(F)(F)C(F)(F)C(F)(F)C(F)(F)C(F)(F)C(F)(F)F. The molecule has 0 aromatic carbocycles. The Hall–Kier alpha value is -1.63. The Labute approximate surface area is 168 Å². The van der Waals surface area contributed by atoms with Crippen molar-refractivity contribution in [2.75, 3.05) is 0 Å². The highest BCUT2D eigenvalue weighted by molar-refractivity contribution is 8.00. The van der Waals surface area contributed by atoms with E-state index in [9.17, 15) is 74.6 Å². The number of halogens is 17. The maximum absolute atomic E-state index is 14.3. The molecule has 0 aliphatic carbocycles. The lowest BCUT2D eigenvalue weighted by Crippen LogP contribution is -2.74. The van der Waals surface area contributed by atoms with Gasteiger partial charge in [0.2, 0.25) is 0 Å². The molecule has 0 amide bonds. The smallest absolute Gasteiger partial charge is 0.329 e. The van der Waals surface area contributed by atoms with Gasteiger partial charge in [-0.25, -0.2) is 9.37 Å². The van der Waals surface area contributed by atoms with Crippen LogP contribution in [0.2, 0.25) is 0 Å². The molecule has 1 rings (SSSR count). The van der Waals surface area contributed by atoms with E-state index in [1.54, 1.807) is 0 Å². The molecule has 1 heterocycles. The van der Waals surface area contributed by atoms with E-state index in [0.717, 1.165) is 0 Å². The first kappa shape index (κ1) is 28.4. The topological polar surface area (TPSA) is 17.8 Å². The van der Waals surface area contributed by atoms with Gasteiger partial charge in [-0.1, -0.05) is 0 Å². The molecule has 0 bridgehead atoms. The maximum Gasteiger partial charge on any atom is 0.460 e. The third-order valence-electron chi connectivity index (χ3n) is 3.71. The van der Waals surface area contributed by atoms with E-state index in [1.807, 2.05) is 0 Å².